The monoisotopic (exact) mass is 670 g/mol. The number of methoxy groups -OCH3 is 1. The van der Waals surface area contributed by atoms with Gasteiger partial charge in [-0.15, -0.1) is 0 Å². The summed E-state index contributed by atoms with van der Waals surface area (Å²) in [7, 11) is -0.817. The van der Waals surface area contributed by atoms with Crippen LogP contribution in [0.4, 0.5) is 0 Å². The van der Waals surface area contributed by atoms with Crippen LogP contribution in [0.2, 0.25) is 18.1 Å². The van der Waals surface area contributed by atoms with Gasteiger partial charge >= 0.3 is 11.9 Å². The molecule has 1 aliphatic heterocycles. The Morgan fingerprint density at radius 1 is 1.06 bits per heavy atom. The first-order valence-corrected chi connectivity index (χ1v) is 19.8. The van der Waals surface area contributed by atoms with Gasteiger partial charge in [0.15, 0.2) is 19.7 Å². The van der Waals surface area contributed by atoms with E-state index in [0.717, 1.165) is 23.7 Å². The van der Waals surface area contributed by atoms with Gasteiger partial charge in [0.25, 0.3) is 0 Å². The number of fused-ring (bicyclic) bond motifs is 5. The van der Waals surface area contributed by atoms with Gasteiger partial charge in [0.05, 0.1) is 29.6 Å². The van der Waals surface area contributed by atoms with Crippen molar-refractivity contribution in [2.24, 2.45) is 22.7 Å². The maximum Gasteiger partial charge on any atom is 0.338 e. The van der Waals surface area contributed by atoms with Crippen molar-refractivity contribution < 1.29 is 42.9 Å². The molecule has 3 aliphatic carbocycles. The average Bonchev–Trinajstić information content (AvgIpc) is 3.03. The largest absolute Gasteiger partial charge is 0.455 e. The number of ether oxygens (including phenoxy) is 4. The number of hydrogen-bond acceptors (Lipinski definition) is 9. The summed E-state index contributed by atoms with van der Waals surface area (Å²) in [5, 5.41) is 13.4. The van der Waals surface area contributed by atoms with Gasteiger partial charge in [-0.2, -0.15) is 0 Å². The first kappa shape index (κ1) is 35.9. The van der Waals surface area contributed by atoms with Gasteiger partial charge in [-0.1, -0.05) is 65.3 Å². The molecule has 0 amide bonds. The molecule has 5 rings (SSSR count). The number of Topliss-reactive ketones (excluding diaryl/α,β-unsaturated/α-hetero) is 1. The lowest BCUT2D eigenvalue weighted by Gasteiger charge is -2.68. The van der Waals surface area contributed by atoms with Gasteiger partial charge in [-0.25, -0.2) is 4.79 Å². The molecule has 1 saturated heterocycles. The fourth-order valence-corrected chi connectivity index (χ4v) is 12.5. The first-order valence-electron chi connectivity index (χ1n) is 17.3. The predicted octanol–water partition coefficient (Wildman–Crippen LogP) is 6.04. The normalized spacial score (nSPS) is 37.9. The molecule has 4 aliphatic rings. The standard InChI is InChI=1S/C37H54O9Si/c1-11-47(12-2,13-3)46-26-19-27-36(21-43-27,45-24(6)38)30-32(44-33(40)25-17-15-14-16-18-25)37(41)20-22(4)23(5)28(34(37,7)8)29(42-10)31(39)35(26,30)9/h14-18,22,26-27,29-30,32,41H,11-13,19-21H2,1-10H3/t22-,26-,27+,29+,30-,32-,35+,36-,37+/m0/s1. The van der Waals surface area contributed by atoms with E-state index in [-0.39, 0.29) is 24.7 Å². The van der Waals surface area contributed by atoms with Crippen LogP contribution in [0.3, 0.4) is 0 Å². The van der Waals surface area contributed by atoms with Crippen LogP contribution >= 0.6 is 0 Å². The van der Waals surface area contributed by atoms with Crippen LogP contribution in [0.5, 0.6) is 0 Å². The Labute approximate surface area is 280 Å². The molecule has 1 aromatic rings. The van der Waals surface area contributed by atoms with Crippen molar-refractivity contribution in [3.8, 4) is 0 Å². The van der Waals surface area contributed by atoms with Crippen LogP contribution < -0.4 is 0 Å². The molecule has 1 aromatic carbocycles. The SMILES string of the molecule is CC[Si](CC)(CC)O[C@H]1C[C@H]2OC[C@@]2(OC(C)=O)[C@H]2[C@H](OC(=O)c3ccccc3)[C@]3(O)C[C@H](C)C(C)=C([C@@H](OC)C(=O)[C@]12C)C3(C)C. The molecular formula is C37H54O9Si. The number of carbonyl (C=O) groups excluding carboxylic acids is 3. The van der Waals surface area contributed by atoms with Crippen molar-refractivity contribution in [2.75, 3.05) is 13.7 Å². The molecule has 1 heterocycles. The fourth-order valence-electron chi connectivity index (χ4n) is 9.56. The third-order valence-corrected chi connectivity index (χ3v) is 17.5. The van der Waals surface area contributed by atoms with Gasteiger partial charge in [0.2, 0.25) is 0 Å². The van der Waals surface area contributed by atoms with Crippen molar-refractivity contribution in [3.63, 3.8) is 0 Å². The van der Waals surface area contributed by atoms with E-state index in [9.17, 15) is 14.7 Å². The van der Waals surface area contributed by atoms with Gasteiger partial charge in [0, 0.05) is 25.9 Å². The minimum atomic E-state index is -2.35. The molecule has 1 N–H and O–H groups in total. The Bertz CT molecular complexity index is 1410. The van der Waals surface area contributed by atoms with Crippen LogP contribution in [0.25, 0.3) is 0 Å². The number of esters is 2. The second-order valence-electron chi connectivity index (χ2n) is 15.1. The average molecular weight is 671 g/mol. The second-order valence-corrected chi connectivity index (χ2v) is 19.8. The van der Waals surface area contributed by atoms with E-state index >= 15 is 4.79 Å². The molecule has 2 bridgehead atoms. The third kappa shape index (κ3) is 5.20. The summed E-state index contributed by atoms with van der Waals surface area (Å²) in [6.45, 7) is 17.4. The third-order valence-electron chi connectivity index (χ3n) is 12.8. The topological polar surface area (TPSA) is 118 Å². The molecule has 2 saturated carbocycles. The Morgan fingerprint density at radius 2 is 1.68 bits per heavy atom. The fraction of sp³-hybridized carbons (Fsp3) is 0.703. The van der Waals surface area contributed by atoms with Crippen LogP contribution in [-0.4, -0.2) is 80.5 Å². The lowest BCUT2D eigenvalue weighted by atomic mass is 9.44. The molecule has 0 aromatic heterocycles. The van der Waals surface area contributed by atoms with Crippen molar-refractivity contribution >= 4 is 26.0 Å². The summed E-state index contributed by atoms with van der Waals surface area (Å²) >= 11 is 0. The van der Waals surface area contributed by atoms with E-state index in [0.29, 0.717) is 17.6 Å². The number of rotatable bonds is 9. The predicted molar refractivity (Wildman–Crippen MR) is 179 cm³/mol. The lowest BCUT2D eigenvalue weighted by Crippen LogP contribution is -2.82. The van der Waals surface area contributed by atoms with Gasteiger partial charge in [-0.3, -0.25) is 9.59 Å². The number of aliphatic hydroxyl groups is 1. The molecule has 10 heteroatoms. The van der Waals surface area contributed by atoms with E-state index in [1.54, 1.807) is 24.3 Å². The summed E-state index contributed by atoms with van der Waals surface area (Å²) in [5.41, 5.74) is -3.55. The Balaban J connectivity index is 1.86. The highest BCUT2D eigenvalue weighted by Crippen LogP contribution is 2.65. The first-order chi connectivity index (χ1) is 22.0. The maximum absolute atomic E-state index is 15.6. The van der Waals surface area contributed by atoms with E-state index in [2.05, 4.69) is 20.8 Å². The summed E-state index contributed by atoms with van der Waals surface area (Å²) in [6.07, 6.45) is -3.00. The van der Waals surface area contributed by atoms with E-state index in [4.69, 9.17) is 23.4 Å². The molecule has 9 atom stereocenters. The Hall–Kier alpha value is -2.37. The van der Waals surface area contributed by atoms with Crippen molar-refractivity contribution in [1.82, 2.24) is 0 Å². The molecule has 0 radical (unpaired) electrons. The molecule has 0 unspecified atom stereocenters. The minimum Gasteiger partial charge on any atom is -0.455 e. The Kier molecular flexibility index (Phi) is 9.56. The zero-order valence-corrected chi connectivity index (χ0v) is 30.8. The summed E-state index contributed by atoms with van der Waals surface area (Å²) in [5.74, 6) is -2.56. The smallest absolute Gasteiger partial charge is 0.338 e. The molecule has 9 nitrogen and oxygen atoms in total. The molecule has 47 heavy (non-hydrogen) atoms. The summed E-state index contributed by atoms with van der Waals surface area (Å²) < 4.78 is 32.5. The molecule has 260 valence electrons. The van der Waals surface area contributed by atoms with Gasteiger partial charge in [0.1, 0.15) is 23.9 Å². The highest BCUT2D eigenvalue weighted by molar-refractivity contribution is 6.73. The number of carbonyl (C=O) groups is 3. The minimum absolute atomic E-state index is 0.000229. The van der Waals surface area contributed by atoms with Crippen LogP contribution in [-0.2, 0) is 33.0 Å². The van der Waals surface area contributed by atoms with Crippen LogP contribution in [0, 0.1) is 22.7 Å². The van der Waals surface area contributed by atoms with Crippen molar-refractivity contribution in [1.29, 1.82) is 0 Å². The second kappa shape index (κ2) is 12.5. The van der Waals surface area contributed by atoms with Crippen molar-refractivity contribution in [2.45, 2.75) is 129 Å². The summed E-state index contributed by atoms with van der Waals surface area (Å²) in [6, 6.07) is 11.2. The van der Waals surface area contributed by atoms with E-state index in [1.807, 2.05) is 40.7 Å². The Morgan fingerprint density at radius 3 is 2.19 bits per heavy atom. The van der Waals surface area contributed by atoms with Gasteiger partial charge < -0.3 is 28.5 Å². The maximum atomic E-state index is 15.6. The molecule has 0 spiro atoms. The highest BCUT2D eigenvalue weighted by Gasteiger charge is 2.78. The van der Waals surface area contributed by atoms with E-state index < -0.39 is 72.6 Å². The molecular weight excluding hydrogens is 616 g/mol. The molecule has 3 fully saturated rings. The van der Waals surface area contributed by atoms with Crippen LogP contribution in [0.15, 0.2) is 41.5 Å². The van der Waals surface area contributed by atoms with E-state index in [1.165, 1.54) is 14.0 Å². The van der Waals surface area contributed by atoms with Crippen LogP contribution in [0.1, 0.15) is 85.5 Å². The van der Waals surface area contributed by atoms with Gasteiger partial charge in [-0.05, 0) is 62.0 Å². The zero-order chi connectivity index (χ0) is 34.7. The number of allylic oxidation sites excluding steroid dienone is 1. The summed E-state index contributed by atoms with van der Waals surface area (Å²) in [4.78, 5) is 42.6. The van der Waals surface area contributed by atoms with Crippen molar-refractivity contribution in [3.05, 3.63) is 47.0 Å². The lowest BCUT2D eigenvalue weighted by molar-refractivity contribution is -0.344. The zero-order valence-electron chi connectivity index (χ0n) is 29.8. The number of ketones is 1. The quantitative estimate of drug-likeness (QED) is 0.191. The number of benzene rings is 1. The highest BCUT2D eigenvalue weighted by atomic mass is 28.4. The number of hydrogen-bond donors (Lipinski definition) is 1.